The number of hydrogen-bond acceptors (Lipinski definition) is 3. The second-order valence-corrected chi connectivity index (χ2v) is 5.81. The summed E-state index contributed by atoms with van der Waals surface area (Å²) in [6.45, 7) is 5.55. The molecule has 0 spiro atoms. The smallest absolute Gasteiger partial charge is 0.221 e. The average Bonchev–Trinajstić information content (AvgIpc) is 2.28. The summed E-state index contributed by atoms with van der Waals surface area (Å²) >= 11 is 1.73. The SMILES string of the molecule is Cc1ccc(SCCC(=O)NC2COC2)cc1C. The van der Waals surface area contributed by atoms with Gasteiger partial charge in [-0.1, -0.05) is 6.07 Å². The number of amides is 1. The molecule has 0 aromatic heterocycles. The lowest BCUT2D eigenvalue weighted by molar-refractivity contribution is -0.124. The van der Waals surface area contributed by atoms with Gasteiger partial charge in [-0.25, -0.2) is 0 Å². The normalized spacial score (nSPS) is 15.2. The van der Waals surface area contributed by atoms with Crippen LogP contribution in [0.3, 0.4) is 0 Å². The van der Waals surface area contributed by atoms with Crippen molar-refractivity contribution in [2.75, 3.05) is 19.0 Å². The molecule has 0 atom stereocenters. The lowest BCUT2D eigenvalue weighted by atomic mass is 10.1. The zero-order valence-electron chi connectivity index (χ0n) is 10.9. The van der Waals surface area contributed by atoms with Crippen LogP contribution in [0.15, 0.2) is 23.1 Å². The zero-order valence-corrected chi connectivity index (χ0v) is 11.7. The summed E-state index contributed by atoms with van der Waals surface area (Å²) in [6, 6.07) is 6.66. The van der Waals surface area contributed by atoms with Gasteiger partial charge in [0.2, 0.25) is 5.91 Å². The lowest BCUT2D eigenvalue weighted by Crippen LogP contribution is -2.48. The monoisotopic (exact) mass is 265 g/mol. The van der Waals surface area contributed by atoms with Crippen LogP contribution in [0, 0.1) is 13.8 Å². The third kappa shape index (κ3) is 3.75. The van der Waals surface area contributed by atoms with Crippen molar-refractivity contribution in [3.63, 3.8) is 0 Å². The largest absolute Gasteiger partial charge is 0.377 e. The molecule has 1 aromatic carbocycles. The molecule has 4 heteroatoms. The molecule has 1 amide bonds. The summed E-state index contributed by atoms with van der Waals surface area (Å²) in [5.41, 5.74) is 2.61. The number of carbonyl (C=O) groups is 1. The molecule has 98 valence electrons. The predicted molar refractivity (Wildman–Crippen MR) is 74.0 cm³/mol. The Hall–Kier alpha value is -1.00. The number of benzene rings is 1. The van der Waals surface area contributed by atoms with Gasteiger partial charge in [0, 0.05) is 17.1 Å². The van der Waals surface area contributed by atoms with Crippen LogP contribution in [0.4, 0.5) is 0 Å². The van der Waals surface area contributed by atoms with E-state index in [1.54, 1.807) is 11.8 Å². The van der Waals surface area contributed by atoms with E-state index < -0.39 is 0 Å². The lowest BCUT2D eigenvalue weighted by Gasteiger charge is -2.26. The number of carbonyl (C=O) groups excluding carboxylic acids is 1. The highest BCUT2D eigenvalue weighted by Gasteiger charge is 2.19. The van der Waals surface area contributed by atoms with Crippen molar-refractivity contribution >= 4 is 17.7 Å². The van der Waals surface area contributed by atoms with Crippen LogP contribution in [0.1, 0.15) is 17.5 Å². The second kappa shape index (κ2) is 6.25. The summed E-state index contributed by atoms with van der Waals surface area (Å²) in [5.74, 6) is 0.946. The van der Waals surface area contributed by atoms with Crippen LogP contribution in [-0.4, -0.2) is 30.9 Å². The molecule has 1 saturated heterocycles. The maximum Gasteiger partial charge on any atom is 0.221 e. The van der Waals surface area contributed by atoms with Crippen LogP contribution >= 0.6 is 11.8 Å². The minimum Gasteiger partial charge on any atom is -0.377 e. The first kappa shape index (κ1) is 13.4. The van der Waals surface area contributed by atoms with Crippen LogP contribution < -0.4 is 5.32 Å². The Labute approximate surface area is 112 Å². The molecule has 1 aromatic rings. The highest BCUT2D eigenvalue weighted by Crippen LogP contribution is 2.21. The van der Waals surface area contributed by atoms with Gasteiger partial charge in [0.1, 0.15) is 0 Å². The molecule has 1 N–H and O–H groups in total. The Balaban J connectivity index is 1.70. The molecule has 3 nitrogen and oxygen atoms in total. The van der Waals surface area contributed by atoms with Gasteiger partial charge >= 0.3 is 0 Å². The Morgan fingerprint density at radius 1 is 1.39 bits per heavy atom. The molecule has 1 aliphatic heterocycles. The first-order valence-electron chi connectivity index (χ1n) is 6.22. The molecule has 1 heterocycles. The van der Waals surface area contributed by atoms with Crippen molar-refractivity contribution in [1.82, 2.24) is 5.32 Å². The molecule has 18 heavy (non-hydrogen) atoms. The number of aryl methyl sites for hydroxylation is 2. The molecule has 0 bridgehead atoms. The van der Waals surface area contributed by atoms with E-state index in [4.69, 9.17) is 4.74 Å². The van der Waals surface area contributed by atoms with Gasteiger partial charge < -0.3 is 10.1 Å². The van der Waals surface area contributed by atoms with E-state index >= 15 is 0 Å². The summed E-state index contributed by atoms with van der Waals surface area (Å²) in [6.07, 6.45) is 0.564. The topological polar surface area (TPSA) is 38.3 Å². The van der Waals surface area contributed by atoms with Gasteiger partial charge in [-0.05, 0) is 37.1 Å². The number of hydrogen-bond donors (Lipinski definition) is 1. The van der Waals surface area contributed by atoms with Crippen molar-refractivity contribution in [2.24, 2.45) is 0 Å². The number of ether oxygens (including phenoxy) is 1. The highest BCUT2D eigenvalue weighted by atomic mass is 32.2. The number of rotatable bonds is 5. The summed E-state index contributed by atoms with van der Waals surface area (Å²) in [4.78, 5) is 12.8. The van der Waals surface area contributed by atoms with Crippen molar-refractivity contribution < 1.29 is 9.53 Å². The Kier molecular flexibility index (Phi) is 4.66. The molecular formula is C14H19NO2S. The second-order valence-electron chi connectivity index (χ2n) is 4.65. The number of nitrogens with one attached hydrogen (secondary N) is 1. The van der Waals surface area contributed by atoms with Crippen LogP contribution in [0.2, 0.25) is 0 Å². The van der Waals surface area contributed by atoms with E-state index in [-0.39, 0.29) is 11.9 Å². The quantitative estimate of drug-likeness (QED) is 0.830. The van der Waals surface area contributed by atoms with Crippen LogP contribution in [0.25, 0.3) is 0 Å². The molecule has 0 saturated carbocycles. The zero-order chi connectivity index (χ0) is 13.0. The van der Waals surface area contributed by atoms with E-state index in [9.17, 15) is 4.79 Å². The summed E-state index contributed by atoms with van der Waals surface area (Å²) in [7, 11) is 0. The standard InChI is InChI=1S/C14H19NO2S/c1-10-3-4-13(7-11(10)2)18-6-5-14(16)15-12-8-17-9-12/h3-4,7,12H,5-6,8-9H2,1-2H3,(H,15,16). The van der Waals surface area contributed by atoms with Crippen molar-refractivity contribution in [3.05, 3.63) is 29.3 Å². The van der Waals surface area contributed by atoms with Gasteiger partial charge in [0.25, 0.3) is 0 Å². The maximum atomic E-state index is 11.6. The Bertz CT molecular complexity index is 430. The third-order valence-electron chi connectivity index (χ3n) is 3.08. The predicted octanol–water partition coefficient (Wildman–Crippen LogP) is 2.30. The Morgan fingerprint density at radius 2 is 2.17 bits per heavy atom. The average molecular weight is 265 g/mol. The van der Waals surface area contributed by atoms with Gasteiger partial charge in [-0.3, -0.25) is 4.79 Å². The fraction of sp³-hybridized carbons (Fsp3) is 0.500. The van der Waals surface area contributed by atoms with E-state index in [0.29, 0.717) is 19.6 Å². The molecular weight excluding hydrogens is 246 g/mol. The molecule has 2 rings (SSSR count). The maximum absolute atomic E-state index is 11.6. The fourth-order valence-corrected chi connectivity index (χ4v) is 2.63. The van der Waals surface area contributed by atoms with E-state index in [0.717, 1.165) is 5.75 Å². The molecule has 1 fully saturated rings. The minimum absolute atomic E-state index is 0.125. The summed E-state index contributed by atoms with van der Waals surface area (Å²) < 4.78 is 5.01. The molecule has 0 radical (unpaired) electrons. The molecule has 0 aliphatic carbocycles. The first-order valence-corrected chi connectivity index (χ1v) is 7.21. The van der Waals surface area contributed by atoms with Gasteiger partial charge in [-0.2, -0.15) is 0 Å². The molecule has 0 unspecified atom stereocenters. The number of thioether (sulfide) groups is 1. The molecule has 1 aliphatic rings. The van der Waals surface area contributed by atoms with E-state index in [1.807, 2.05) is 0 Å². The first-order chi connectivity index (χ1) is 8.65. The highest BCUT2D eigenvalue weighted by molar-refractivity contribution is 7.99. The Morgan fingerprint density at radius 3 is 2.78 bits per heavy atom. The van der Waals surface area contributed by atoms with Crippen molar-refractivity contribution in [3.8, 4) is 0 Å². The van der Waals surface area contributed by atoms with Crippen molar-refractivity contribution in [2.45, 2.75) is 31.2 Å². The summed E-state index contributed by atoms with van der Waals surface area (Å²) in [5, 5.41) is 2.95. The van der Waals surface area contributed by atoms with E-state index in [1.165, 1.54) is 16.0 Å². The van der Waals surface area contributed by atoms with Gasteiger partial charge in [0.05, 0.1) is 19.3 Å². The van der Waals surface area contributed by atoms with Crippen molar-refractivity contribution in [1.29, 1.82) is 0 Å². The van der Waals surface area contributed by atoms with Crippen LogP contribution in [0.5, 0.6) is 0 Å². The van der Waals surface area contributed by atoms with Crippen LogP contribution in [-0.2, 0) is 9.53 Å². The third-order valence-corrected chi connectivity index (χ3v) is 4.07. The minimum atomic E-state index is 0.125. The van der Waals surface area contributed by atoms with Gasteiger partial charge in [-0.15, -0.1) is 11.8 Å². The fourth-order valence-electron chi connectivity index (χ4n) is 1.68. The van der Waals surface area contributed by atoms with Gasteiger partial charge in [0.15, 0.2) is 0 Å². The van der Waals surface area contributed by atoms with E-state index in [2.05, 4.69) is 37.4 Å².